The topological polar surface area (TPSA) is 38.1 Å². The molecule has 1 aromatic heterocycles. The maximum absolute atomic E-state index is 5.57. The maximum atomic E-state index is 5.57. The molecule has 2 aliphatic rings. The fraction of sp³-hybridized carbons (Fsp3) is 0.750. The number of hydrogen-bond acceptors (Lipinski definition) is 3. The lowest BCUT2D eigenvalue weighted by Crippen LogP contribution is -2.40. The fourth-order valence-electron chi connectivity index (χ4n) is 2.54. The molecule has 82 valence electrons. The van der Waals surface area contributed by atoms with Crippen LogP contribution in [0.5, 0.6) is 0 Å². The Hall–Kier alpha value is -0.830. The van der Waals surface area contributed by atoms with Gasteiger partial charge < -0.3 is 9.73 Å². The van der Waals surface area contributed by atoms with Crippen LogP contribution in [-0.2, 0) is 0 Å². The summed E-state index contributed by atoms with van der Waals surface area (Å²) in [5, 5.41) is 3.25. The SMILES string of the molecule is c1oc(C2CNC2)nc1C1CCCCC1. The van der Waals surface area contributed by atoms with E-state index < -0.39 is 0 Å². The minimum absolute atomic E-state index is 0.530. The van der Waals surface area contributed by atoms with Gasteiger partial charge in [0, 0.05) is 19.0 Å². The highest BCUT2D eigenvalue weighted by Crippen LogP contribution is 2.33. The quantitative estimate of drug-likeness (QED) is 0.807. The van der Waals surface area contributed by atoms with Crippen molar-refractivity contribution in [3.63, 3.8) is 0 Å². The van der Waals surface area contributed by atoms with Crippen molar-refractivity contribution in [2.24, 2.45) is 0 Å². The second kappa shape index (κ2) is 3.97. The minimum atomic E-state index is 0.530. The number of nitrogens with one attached hydrogen (secondary N) is 1. The molecular weight excluding hydrogens is 188 g/mol. The van der Waals surface area contributed by atoms with E-state index in [1.54, 1.807) is 0 Å². The molecule has 0 spiro atoms. The lowest BCUT2D eigenvalue weighted by molar-refractivity contribution is 0.357. The molecule has 1 saturated carbocycles. The molecule has 1 aliphatic carbocycles. The smallest absolute Gasteiger partial charge is 0.199 e. The Balaban J connectivity index is 1.71. The van der Waals surface area contributed by atoms with Crippen LogP contribution in [0.2, 0.25) is 0 Å². The van der Waals surface area contributed by atoms with Gasteiger partial charge in [-0.3, -0.25) is 0 Å². The van der Waals surface area contributed by atoms with Crippen molar-refractivity contribution in [3.8, 4) is 0 Å². The summed E-state index contributed by atoms with van der Waals surface area (Å²) in [5.74, 6) is 2.15. The van der Waals surface area contributed by atoms with E-state index >= 15 is 0 Å². The Morgan fingerprint density at radius 2 is 1.93 bits per heavy atom. The number of nitrogens with zero attached hydrogens (tertiary/aromatic N) is 1. The number of oxazole rings is 1. The van der Waals surface area contributed by atoms with Gasteiger partial charge in [-0.2, -0.15) is 0 Å². The third kappa shape index (κ3) is 1.81. The first kappa shape index (κ1) is 9.40. The van der Waals surface area contributed by atoms with Gasteiger partial charge in [-0.15, -0.1) is 0 Å². The van der Waals surface area contributed by atoms with Gasteiger partial charge in [0.1, 0.15) is 6.26 Å². The molecule has 0 amide bonds. The van der Waals surface area contributed by atoms with Crippen molar-refractivity contribution in [1.82, 2.24) is 10.3 Å². The van der Waals surface area contributed by atoms with Crippen LogP contribution in [0.3, 0.4) is 0 Å². The van der Waals surface area contributed by atoms with Crippen LogP contribution in [0.1, 0.15) is 55.5 Å². The molecule has 3 rings (SSSR count). The predicted molar refractivity (Wildman–Crippen MR) is 57.9 cm³/mol. The Kier molecular flexibility index (Phi) is 2.49. The lowest BCUT2D eigenvalue weighted by Gasteiger charge is -2.23. The van der Waals surface area contributed by atoms with E-state index in [-0.39, 0.29) is 0 Å². The average molecular weight is 206 g/mol. The van der Waals surface area contributed by atoms with Crippen LogP contribution in [0.4, 0.5) is 0 Å². The molecule has 0 aromatic carbocycles. The van der Waals surface area contributed by atoms with Gasteiger partial charge in [0.15, 0.2) is 5.89 Å². The zero-order chi connectivity index (χ0) is 10.1. The highest BCUT2D eigenvalue weighted by Gasteiger charge is 2.26. The van der Waals surface area contributed by atoms with E-state index in [1.807, 2.05) is 6.26 Å². The highest BCUT2D eigenvalue weighted by atomic mass is 16.3. The van der Waals surface area contributed by atoms with E-state index in [0.717, 1.165) is 19.0 Å². The second-order valence-electron chi connectivity index (χ2n) is 4.80. The highest BCUT2D eigenvalue weighted by molar-refractivity contribution is 5.09. The first-order chi connectivity index (χ1) is 7.43. The first-order valence-corrected chi connectivity index (χ1v) is 6.09. The van der Waals surface area contributed by atoms with Crippen molar-refractivity contribution < 1.29 is 4.42 Å². The second-order valence-corrected chi connectivity index (χ2v) is 4.80. The van der Waals surface area contributed by atoms with Crippen LogP contribution < -0.4 is 5.32 Å². The number of aromatic nitrogens is 1. The molecule has 0 unspecified atom stereocenters. The molecule has 15 heavy (non-hydrogen) atoms. The molecule has 2 heterocycles. The van der Waals surface area contributed by atoms with Gasteiger partial charge >= 0.3 is 0 Å². The summed E-state index contributed by atoms with van der Waals surface area (Å²) in [6.07, 6.45) is 8.61. The third-order valence-electron chi connectivity index (χ3n) is 3.69. The molecule has 1 aliphatic heterocycles. The Labute approximate surface area is 90.3 Å². The van der Waals surface area contributed by atoms with Crippen LogP contribution in [0.15, 0.2) is 10.7 Å². The van der Waals surface area contributed by atoms with Gasteiger partial charge in [0.05, 0.1) is 11.6 Å². The summed E-state index contributed by atoms with van der Waals surface area (Å²) < 4.78 is 5.57. The van der Waals surface area contributed by atoms with Crippen LogP contribution in [0, 0.1) is 0 Å². The normalized spacial score (nSPS) is 24.0. The summed E-state index contributed by atoms with van der Waals surface area (Å²) in [5.41, 5.74) is 1.21. The average Bonchev–Trinajstić information content (AvgIpc) is 2.66. The maximum Gasteiger partial charge on any atom is 0.199 e. The van der Waals surface area contributed by atoms with Gasteiger partial charge in [0.25, 0.3) is 0 Å². The Bertz CT molecular complexity index is 324. The summed E-state index contributed by atoms with van der Waals surface area (Å²) >= 11 is 0. The molecule has 1 aromatic rings. The van der Waals surface area contributed by atoms with E-state index in [0.29, 0.717) is 11.8 Å². The van der Waals surface area contributed by atoms with Crippen LogP contribution in [0.25, 0.3) is 0 Å². The van der Waals surface area contributed by atoms with Crippen molar-refractivity contribution in [2.45, 2.75) is 43.9 Å². The van der Waals surface area contributed by atoms with Gasteiger partial charge in [-0.25, -0.2) is 4.98 Å². The Morgan fingerprint density at radius 1 is 1.13 bits per heavy atom. The third-order valence-corrected chi connectivity index (χ3v) is 3.69. The van der Waals surface area contributed by atoms with E-state index in [4.69, 9.17) is 4.42 Å². The number of rotatable bonds is 2. The molecule has 0 bridgehead atoms. The molecule has 0 atom stereocenters. The Morgan fingerprint density at radius 3 is 2.60 bits per heavy atom. The standard InChI is InChI=1S/C12H18N2O/c1-2-4-9(5-3-1)11-8-15-12(14-11)10-6-13-7-10/h8-10,13H,1-7H2. The zero-order valence-corrected chi connectivity index (χ0v) is 9.04. The molecular formula is C12H18N2O. The molecule has 3 nitrogen and oxygen atoms in total. The molecule has 2 fully saturated rings. The van der Waals surface area contributed by atoms with Crippen molar-refractivity contribution >= 4 is 0 Å². The van der Waals surface area contributed by atoms with E-state index in [1.165, 1.54) is 37.8 Å². The first-order valence-electron chi connectivity index (χ1n) is 6.09. The largest absolute Gasteiger partial charge is 0.448 e. The van der Waals surface area contributed by atoms with Crippen molar-refractivity contribution in [3.05, 3.63) is 17.8 Å². The minimum Gasteiger partial charge on any atom is -0.448 e. The lowest BCUT2D eigenvalue weighted by atomic mass is 9.87. The van der Waals surface area contributed by atoms with Crippen LogP contribution in [-0.4, -0.2) is 18.1 Å². The molecule has 0 radical (unpaired) electrons. The zero-order valence-electron chi connectivity index (χ0n) is 9.04. The van der Waals surface area contributed by atoms with Crippen molar-refractivity contribution in [1.29, 1.82) is 0 Å². The summed E-state index contributed by atoms with van der Waals surface area (Å²) in [6.45, 7) is 2.06. The number of hydrogen-bond donors (Lipinski definition) is 1. The van der Waals surface area contributed by atoms with E-state index in [2.05, 4.69) is 10.3 Å². The summed E-state index contributed by atoms with van der Waals surface area (Å²) in [6, 6.07) is 0. The molecule has 1 N–H and O–H groups in total. The van der Waals surface area contributed by atoms with Crippen molar-refractivity contribution in [2.75, 3.05) is 13.1 Å². The van der Waals surface area contributed by atoms with Gasteiger partial charge in [-0.1, -0.05) is 19.3 Å². The molecule has 3 heteroatoms. The summed E-state index contributed by atoms with van der Waals surface area (Å²) in [4.78, 5) is 4.65. The molecule has 1 saturated heterocycles. The van der Waals surface area contributed by atoms with Gasteiger partial charge in [-0.05, 0) is 12.8 Å². The van der Waals surface area contributed by atoms with Gasteiger partial charge in [0.2, 0.25) is 0 Å². The van der Waals surface area contributed by atoms with E-state index in [9.17, 15) is 0 Å². The van der Waals surface area contributed by atoms with Crippen LogP contribution >= 0.6 is 0 Å². The summed E-state index contributed by atoms with van der Waals surface area (Å²) in [7, 11) is 0. The fourth-order valence-corrected chi connectivity index (χ4v) is 2.54. The monoisotopic (exact) mass is 206 g/mol. The predicted octanol–water partition coefficient (Wildman–Crippen LogP) is 2.41.